The lowest BCUT2D eigenvalue weighted by Crippen LogP contribution is -2.29. The lowest BCUT2D eigenvalue weighted by Gasteiger charge is -2.13. The number of hydrogen-bond acceptors (Lipinski definition) is 7. The first kappa shape index (κ1) is 12.6. The molecule has 0 bridgehead atoms. The molecule has 1 unspecified atom stereocenters. The molecule has 2 aromatic heterocycles. The van der Waals surface area contributed by atoms with E-state index in [1.54, 1.807) is 11.3 Å². The third-order valence-electron chi connectivity index (χ3n) is 2.48. The monoisotopic (exact) mass is 269 g/mol. The number of nitrogens with one attached hydrogen (secondary N) is 1. The molecular weight excluding hydrogens is 254 g/mol. The van der Waals surface area contributed by atoms with Gasteiger partial charge in [-0.2, -0.15) is 0 Å². The lowest BCUT2D eigenvalue weighted by atomic mass is 10.1. The fourth-order valence-electron chi connectivity index (χ4n) is 1.66. The summed E-state index contributed by atoms with van der Waals surface area (Å²) in [5, 5.41) is 4.16. The van der Waals surface area contributed by atoms with Crippen molar-refractivity contribution in [2.75, 3.05) is 0 Å². The Bertz CT molecular complexity index is 439. The average molecular weight is 269 g/mol. The van der Waals surface area contributed by atoms with Crippen LogP contribution in [0.15, 0.2) is 11.7 Å². The summed E-state index contributed by atoms with van der Waals surface area (Å²) >= 11 is 3.06. The van der Waals surface area contributed by atoms with Crippen LogP contribution >= 0.6 is 22.9 Å². The highest BCUT2D eigenvalue weighted by atomic mass is 32.1. The summed E-state index contributed by atoms with van der Waals surface area (Å²) in [6.07, 6.45) is 4.73. The Hall–Kier alpha value is -0.890. The number of aryl methyl sites for hydroxylation is 1. The molecule has 2 rings (SSSR count). The first-order valence-corrected chi connectivity index (χ1v) is 7.15. The largest absolute Gasteiger partial charge is 0.271 e. The molecule has 17 heavy (non-hydrogen) atoms. The molecule has 5 nitrogen and oxygen atoms in total. The van der Waals surface area contributed by atoms with Crippen molar-refractivity contribution >= 4 is 22.9 Å². The molecule has 2 aromatic rings. The van der Waals surface area contributed by atoms with Crippen LogP contribution in [0.25, 0.3) is 0 Å². The van der Waals surface area contributed by atoms with E-state index in [2.05, 4.69) is 26.9 Å². The Kier molecular flexibility index (Phi) is 4.55. The van der Waals surface area contributed by atoms with Crippen molar-refractivity contribution in [2.24, 2.45) is 5.84 Å². The summed E-state index contributed by atoms with van der Waals surface area (Å²) in [7, 11) is 0. The van der Waals surface area contributed by atoms with Gasteiger partial charge in [0.2, 0.25) is 0 Å². The van der Waals surface area contributed by atoms with E-state index in [-0.39, 0.29) is 6.04 Å². The average Bonchev–Trinajstić information content (AvgIpc) is 2.97. The summed E-state index contributed by atoms with van der Waals surface area (Å²) in [6.45, 7) is 2.14. The highest BCUT2D eigenvalue weighted by Gasteiger charge is 2.18. The van der Waals surface area contributed by atoms with Crippen LogP contribution in [0.3, 0.4) is 0 Å². The molecule has 0 saturated carbocycles. The number of rotatable bonds is 6. The highest BCUT2D eigenvalue weighted by molar-refractivity contribution is 7.09. The Balaban J connectivity index is 2.14. The van der Waals surface area contributed by atoms with E-state index in [1.807, 2.05) is 11.7 Å². The molecule has 92 valence electrons. The van der Waals surface area contributed by atoms with E-state index in [9.17, 15) is 0 Å². The van der Waals surface area contributed by atoms with Crippen molar-refractivity contribution in [2.45, 2.75) is 32.2 Å². The van der Waals surface area contributed by atoms with Crippen LogP contribution in [0.1, 0.15) is 34.8 Å². The molecule has 3 N–H and O–H groups in total. The Morgan fingerprint density at radius 1 is 1.53 bits per heavy atom. The van der Waals surface area contributed by atoms with E-state index in [1.165, 1.54) is 16.4 Å². The van der Waals surface area contributed by atoms with Gasteiger partial charge in [0.1, 0.15) is 0 Å². The molecule has 2 heterocycles. The van der Waals surface area contributed by atoms with Gasteiger partial charge in [0.25, 0.3) is 0 Å². The smallest absolute Gasteiger partial charge is 0.0804 e. The Morgan fingerprint density at radius 3 is 3.06 bits per heavy atom. The van der Waals surface area contributed by atoms with Crippen molar-refractivity contribution in [3.8, 4) is 0 Å². The standard InChI is InChI=1S/C10H15N5S2/c1-2-3-8-10(17-15-14-8)9(13-11)4-7-5-12-6-16-7/h5-6,9,13H,2-4,11H2,1H3. The minimum atomic E-state index is 0.0806. The number of hydrazine groups is 1. The van der Waals surface area contributed by atoms with E-state index in [0.717, 1.165) is 29.8 Å². The molecule has 0 amide bonds. The quantitative estimate of drug-likeness (QED) is 0.616. The number of thiazole rings is 1. The number of hydrogen-bond donors (Lipinski definition) is 2. The second kappa shape index (κ2) is 6.15. The summed E-state index contributed by atoms with van der Waals surface area (Å²) in [4.78, 5) is 6.42. The molecule has 0 aliphatic heterocycles. The van der Waals surface area contributed by atoms with Crippen LogP contribution in [0.2, 0.25) is 0 Å². The highest BCUT2D eigenvalue weighted by Crippen LogP contribution is 2.25. The second-order valence-corrected chi connectivity index (χ2v) is 5.48. The van der Waals surface area contributed by atoms with Gasteiger partial charge >= 0.3 is 0 Å². The van der Waals surface area contributed by atoms with Crippen molar-refractivity contribution < 1.29 is 0 Å². The maximum Gasteiger partial charge on any atom is 0.0804 e. The minimum absolute atomic E-state index is 0.0806. The molecule has 0 saturated heterocycles. The second-order valence-electron chi connectivity index (χ2n) is 3.73. The van der Waals surface area contributed by atoms with Crippen LogP contribution < -0.4 is 11.3 Å². The van der Waals surface area contributed by atoms with Gasteiger partial charge in [-0.15, -0.1) is 16.4 Å². The molecule has 1 atom stereocenters. The van der Waals surface area contributed by atoms with Gasteiger partial charge < -0.3 is 0 Å². The molecule has 0 aromatic carbocycles. The lowest BCUT2D eigenvalue weighted by molar-refractivity contribution is 0.557. The Labute approximate surface area is 108 Å². The van der Waals surface area contributed by atoms with Gasteiger partial charge in [0, 0.05) is 17.5 Å². The molecule has 0 aliphatic rings. The fourth-order valence-corrected chi connectivity index (χ4v) is 3.06. The van der Waals surface area contributed by atoms with Gasteiger partial charge in [0.15, 0.2) is 0 Å². The van der Waals surface area contributed by atoms with E-state index < -0.39 is 0 Å². The van der Waals surface area contributed by atoms with Crippen LogP contribution in [0, 0.1) is 0 Å². The zero-order valence-corrected chi connectivity index (χ0v) is 11.2. The SMILES string of the molecule is CCCc1nnsc1C(Cc1cncs1)NN. The number of aromatic nitrogens is 3. The van der Waals surface area contributed by atoms with Crippen LogP contribution in [-0.4, -0.2) is 14.6 Å². The first-order valence-electron chi connectivity index (χ1n) is 5.49. The maximum atomic E-state index is 5.63. The van der Waals surface area contributed by atoms with Crippen molar-refractivity contribution in [3.63, 3.8) is 0 Å². The minimum Gasteiger partial charge on any atom is -0.271 e. The van der Waals surface area contributed by atoms with Gasteiger partial charge in [-0.05, 0) is 18.0 Å². The molecule has 0 radical (unpaired) electrons. The van der Waals surface area contributed by atoms with Gasteiger partial charge in [-0.25, -0.2) is 0 Å². The molecule has 0 spiro atoms. The van der Waals surface area contributed by atoms with Crippen molar-refractivity contribution in [3.05, 3.63) is 27.2 Å². The third kappa shape index (κ3) is 3.06. The van der Waals surface area contributed by atoms with Gasteiger partial charge in [-0.1, -0.05) is 17.8 Å². The van der Waals surface area contributed by atoms with Crippen LogP contribution in [-0.2, 0) is 12.8 Å². The van der Waals surface area contributed by atoms with Crippen molar-refractivity contribution in [1.82, 2.24) is 20.0 Å². The van der Waals surface area contributed by atoms with Crippen molar-refractivity contribution in [1.29, 1.82) is 0 Å². The van der Waals surface area contributed by atoms with E-state index >= 15 is 0 Å². The summed E-state index contributed by atoms with van der Waals surface area (Å²) in [5.74, 6) is 5.63. The van der Waals surface area contributed by atoms with E-state index in [4.69, 9.17) is 5.84 Å². The zero-order chi connectivity index (χ0) is 12.1. The zero-order valence-electron chi connectivity index (χ0n) is 9.59. The Morgan fingerprint density at radius 2 is 2.41 bits per heavy atom. The normalized spacial score (nSPS) is 12.8. The fraction of sp³-hybridized carbons (Fsp3) is 0.500. The summed E-state index contributed by atoms with van der Waals surface area (Å²) in [6, 6.07) is 0.0806. The third-order valence-corrected chi connectivity index (χ3v) is 4.16. The molecule has 0 fully saturated rings. The predicted octanol–water partition coefficient (Wildman–Crippen LogP) is 1.69. The number of nitrogens with zero attached hydrogens (tertiary/aromatic N) is 3. The molecular formula is C10H15N5S2. The van der Waals surface area contributed by atoms with Gasteiger partial charge in [0.05, 0.1) is 22.1 Å². The summed E-state index contributed by atoms with van der Waals surface area (Å²) < 4.78 is 4.02. The summed E-state index contributed by atoms with van der Waals surface area (Å²) in [5.41, 5.74) is 5.75. The molecule has 0 aliphatic carbocycles. The van der Waals surface area contributed by atoms with Crippen LogP contribution in [0.4, 0.5) is 0 Å². The topological polar surface area (TPSA) is 76.7 Å². The van der Waals surface area contributed by atoms with Gasteiger partial charge in [-0.3, -0.25) is 16.3 Å². The maximum absolute atomic E-state index is 5.63. The molecule has 7 heteroatoms. The predicted molar refractivity (Wildman–Crippen MR) is 69.8 cm³/mol. The first-order chi connectivity index (χ1) is 8.35. The van der Waals surface area contributed by atoms with E-state index in [0.29, 0.717) is 0 Å². The number of nitrogens with two attached hydrogens (primary N) is 1. The van der Waals surface area contributed by atoms with Crippen LogP contribution in [0.5, 0.6) is 0 Å².